The van der Waals surface area contributed by atoms with Crippen LogP contribution in [0.4, 0.5) is 11.4 Å². The Morgan fingerprint density at radius 3 is 2.65 bits per heavy atom. The molecule has 0 unspecified atom stereocenters. The van der Waals surface area contributed by atoms with E-state index in [1.54, 1.807) is 30.3 Å². The van der Waals surface area contributed by atoms with Crippen LogP contribution in [0.15, 0.2) is 48.5 Å². The molecule has 5 heteroatoms. The van der Waals surface area contributed by atoms with E-state index in [1.807, 2.05) is 32.0 Å². The minimum Gasteiger partial charge on any atom is -0.490 e. The molecular formula is C18H18N2O3. The van der Waals surface area contributed by atoms with Gasteiger partial charge < -0.3 is 15.4 Å². The molecule has 2 aromatic carbocycles. The molecule has 2 amide bonds. The number of hydrogen-bond donors (Lipinski definition) is 2. The van der Waals surface area contributed by atoms with Gasteiger partial charge in [-0.1, -0.05) is 18.2 Å². The van der Waals surface area contributed by atoms with E-state index < -0.39 is 5.41 Å². The van der Waals surface area contributed by atoms with Crippen LogP contribution in [-0.4, -0.2) is 18.4 Å². The number of ether oxygens (including phenoxy) is 1. The van der Waals surface area contributed by atoms with Crippen LogP contribution in [0.3, 0.4) is 0 Å². The van der Waals surface area contributed by atoms with Crippen LogP contribution in [0.1, 0.15) is 24.2 Å². The maximum Gasteiger partial charge on any atom is 0.255 e. The Morgan fingerprint density at radius 1 is 1.17 bits per heavy atom. The molecule has 0 aromatic heterocycles. The van der Waals surface area contributed by atoms with Crippen LogP contribution in [-0.2, 0) is 4.79 Å². The number of carbonyl (C=O) groups excluding carboxylic acids is 2. The lowest BCUT2D eigenvalue weighted by atomic mass is 9.94. The minimum atomic E-state index is -0.605. The van der Waals surface area contributed by atoms with Crippen LogP contribution in [0.25, 0.3) is 0 Å². The van der Waals surface area contributed by atoms with Crippen molar-refractivity contribution in [3.8, 4) is 5.75 Å². The van der Waals surface area contributed by atoms with E-state index in [9.17, 15) is 9.59 Å². The summed E-state index contributed by atoms with van der Waals surface area (Å²) in [5.41, 5.74) is 1.20. The molecule has 118 valence electrons. The quantitative estimate of drug-likeness (QED) is 0.894. The first-order valence-electron chi connectivity index (χ1n) is 7.40. The van der Waals surface area contributed by atoms with E-state index in [0.717, 1.165) is 0 Å². The van der Waals surface area contributed by atoms with Gasteiger partial charge in [-0.05, 0) is 38.1 Å². The zero-order valence-electron chi connectivity index (χ0n) is 13.1. The Bertz CT molecular complexity index is 754. The first-order valence-corrected chi connectivity index (χ1v) is 7.40. The van der Waals surface area contributed by atoms with E-state index in [4.69, 9.17) is 4.74 Å². The zero-order chi connectivity index (χ0) is 16.4. The highest BCUT2D eigenvalue weighted by atomic mass is 16.5. The normalized spacial score (nSPS) is 15.7. The fraction of sp³-hybridized carbons (Fsp3) is 0.222. The van der Waals surface area contributed by atoms with Gasteiger partial charge in [-0.15, -0.1) is 0 Å². The third kappa shape index (κ3) is 3.18. The van der Waals surface area contributed by atoms with E-state index in [-0.39, 0.29) is 18.4 Å². The van der Waals surface area contributed by atoms with Gasteiger partial charge >= 0.3 is 0 Å². The second kappa shape index (κ2) is 5.76. The first-order chi connectivity index (χ1) is 11.0. The number of benzene rings is 2. The topological polar surface area (TPSA) is 67.4 Å². The third-order valence-electron chi connectivity index (χ3n) is 3.73. The third-order valence-corrected chi connectivity index (χ3v) is 3.73. The number of nitrogens with one attached hydrogen (secondary N) is 2. The van der Waals surface area contributed by atoms with Crippen molar-refractivity contribution in [2.24, 2.45) is 5.41 Å². The molecule has 1 aliphatic rings. The van der Waals surface area contributed by atoms with Gasteiger partial charge in [0.1, 0.15) is 12.4 Å². The maximum atomic E-state index is 12.2. The Kier molecular flexibility index (Phi) is 3.78. The van der Waals surface area contributed by atoms with Crippen LogP contribution >= 0.6 is 0 Å². The molecule has 5 nitrogen and oxygen atoms in total. The van der Waals surface area contributed by atoms with Crippen molar-refractivity contribution >= 4 is 23.2 Å². The molecule has 23 heavy (non-hydrogen) atoms. The largest absolute Gasteiger partial charge is 0.490 e. The van der Waals surface area contributed by atoms with E-state index >= 15 is 0 Å². The van der Waals surface area contributed by atoms with Gasteiger partial charge in [-0.2, -0.15) is 0 Å². The Labute approximate surface area is 134 Å². The summed E-state index contributed by atoms with van der Waals surface area (Å²) in [6.07, 6.45) is 0. The number of carbonyl (C=O) groups is 2. The molecule has 3 rings (SSSR count). The monoisotopic (exact) mass is 310 g/mol. The molecule has 0 atom stereocenters. The summed E-state index contributed by atoms with van der Waals surface area (Å²) in [5.74, 6) is 0.274. The molecular weight excluding hydrogens is 292 g/mol. The maximum absolute atomic E-state index is 12.2. The molecule has 0 aliphatic carbocycles. The number of hydrogen-bond acceptors (Lipinski definition) is 3. The molecule has 0 fully saturated rings. The first kappa shape index (κ1) is 15.1. The van der Waals surface area contributed by atoms with E-state index in [1.165, 1.54) is 0 Å². The summed E-state index contributed by atoms with van der Waals surface area (Å²) < 4.78 is 5.73. The van der Waals surface area contributed by atoms with Crippen LogP contribution in [0.5, 0.6) is 5.75 Å². The van der Waals surface area contributed by atoms with E-state index in [0.29, 0.717) is 22.7 Å². The Balaban J connectivity index is 1.81. The summed E-state index contributed by atoms with van der Waals surface area (Å²) in [4.78, 5) is 24.3. The molecule has 0 bridgehead atoms. The van der Waals surface area contributed by atoms with Crippen molar-refractivity contribution in [3.05, 3.63) is 54.1 Å². The van der Waals surface area contributed by atoms with Crippen LogP contribution in [0.2, 0.25) is 0 Å². The number of rotatable bonds is 2. The zero-order valence-corrected chi connectivity index (χ0v) is 13.1. The molecule has 1 aliphatic heterocycles. The minimum absolute atomic E-state index is 0.0858. The van der Waals surface area contributed by atoms with Gasteiger partial charge in [-0.25, -0.2) is 0 Å². The lowest BCUT2D eigenvalue weighted by Gasteiger charge is -2.18. The average Bonchev–Trinajstić information content (AvgIpc) is 2.65. The predicted octanol–water partition coefficient (Wildman–Crippen LogP) is 3.30. The molecule has 0 saturated heterocycles. The molecule has 0 radical (unpaired) electrons. The fourth-order valence-electron chi connectivity index (χ4n) is 2.23. The summed E-state index contributed by atoms with van der Waals surface area (Å²) >= 11 is 0. The molecule has 1 heterocycles. The van der Waals surface area contributed by atoms with Gasteiger partial charge in [0.15, 0.2) is 0 Å². The Morgan fingerprint density at radius 2 is 1.91 bits per heavy atom. The number of fused-ring (bicyclic) bond motifs is 1. The van der Waals surface area contributed by atoms with Crippen molar-refractivity contribution in [1.82, 2.24) is 0 Å². The fourth-order valence-corrected chi connectivity index (χ4v) is 2.23. The highest BCUT2D eigenvalue weighted by Crippen LogP contribution is 2.34. The second-order valence-corrected chi connectivity index (χ2v) is 6.16. The molecule has 2 N–H and O–H groups in total. The highest BCUT2D eigenvalue weighted by Gasteiger charge is 2.32. The number of amides is 2. The van der Waals surface area contributed by atoms with Crippen molar-refractivity contribution in [3.63, 3.8) is 0 Å². The van der Waals surface area contributed by atoms with Gasteiger partial charge in [0.25, 0.3) is 5.91 Å². The molecule has 0 spiro atoms. The summed E-state index contributed by atoms with van der Waals surface area (Å²) in [6, 6.07) is 14.2. The van der Waals surface area contributed by atoms with Gasteiger partial charge in [-0.3, -0.25) is 9.59 Å². The highest BCUT2D eigenvalue weighted by molar-refractivity contribution is 6.04. The lowest BCUT2D eigenvalue weighted by molar-refractivity contribution is -0.124. The van der Waals surface area contributed by atoms with Crippen LogP contribution < -0.4 is 15.4 Å². The van der Waals surface area contributed by atoms with E-state index in [2.05, 4.69) is 10.6 Å². The van der Waals surface area contributed by atoms with Gasteiger partial charge in [0.05, 0.1) is 11.1 Å². The van der Waals surface area contributed by atoms with Crippen molar-refractivity contribution < 1.29 is 14.3 Å². The smallest absolute Gasteiger partial charge is 0.255 e. The van der Waals surface area contributed by atoms with Crippen molar-refractivity contribution in [1.29, 1.82) is 0 Å². The summed E-state index contributed by atoms with van der Waals surface area (Å²) in [6.45, 7) is 3.93. The second-order valence-electron chi connectivity index (χ2n) is 6.16. The molecule has 2 aromatic rings. The summed E-state index contributed by atoms with van der Waals surface area (Å²) in [7, 11) is 0. The lowest BCUT2D eigenvalue weighted by Crippen LogP contribution is -2.33. The van der Waals surface area contributed by atoms with Crippen molar-refractivity contribution in [2.75, 3.05) is 17.2 Å². The summed E-state index contributed by atoms with van der Waals surface area (Å²) in [5, 5.41) is 5.68. The van der Waals surface area contributed by atoms with Crippen LogP contribution in [0, 0.1) is 5.41 Å². The molecule has 0 saturated carbocycles. The average molecular weight is 310 g/mol. The van der Waals surface area contributed by atoms with Gasteiger partial charge in [0.2, 0.25) is 5.91 Å². The SMILES string of the molecule is CC1(C)COc2cc(NC(=O)c3ccccc3)ccc2NC1=O. The van der Waals surface area contributed by atoms with Gasteiger partial charge in [0, 0.05) is 17.3 Å². The standard InChI is InChI=1S/C18H18N2O3/c1-18(2)11-23-15-10-13(8-9-14(15)20-17(18)22)19-16(21)12-6-4-3-5-7-12/h3-10H,11H2,1-2H3,(H,19,21)(H,20,22). The van der Waals surface area contributed by atoms with Crippen molar-refractivity contribution in [2.45, 2.75) is 13.8 Å². The predicted molar refractivity (Wildman–Crippen MR) is 88.7 cm³/mol. The number of anilines is 2. The Hall–Kier alpha value is -2.82.